The second kappa shape index (κ2) is 19.2. The van der Waals surface area contributed by atoms with Crippen molar-refractivity contribution >= 4 is 46.8 Å². The van der Waals surface area contributed by atoms with Gasteiger partial charge in [-0.2, -0.15) is 10.5 Å². The molecule has 2 aromatic carbocycles. The van der Waals surface area contributed by atoms with E-state index in [1.165, 1.54) is 63.3 Å². The van der Waals surface area contributed by atoms with Gasteiger partial charge in [-0.25, -0.2) is 9.59 Å². The highest BCUT2D eigenvalue weighted by molar-refractivity contribution is 8.03. The Morgan fingerprint density at radius 1 is 0.702 bits per heavy atom. The van der Waals surface area contributed by atoms with Gasteiger partial charge in [-0.3, -0.25) is 0 Å². The van der Waals surface area contributed by atoms with E-state index in [0.717, 1.165) is 0 Å². The van der Waals surface area contributed by atoms with Crippen molar-refractivity contribution in [2.24, 2.45) is 11.5 Å². The molecule has 0 bridgehead atoms. The third kappa shape index (κ3) is 9.01. The van der Waals surface area contributed by atoms with Crippen LogP contribution in [0.4, 0.5) is 0 Å². The third-order valence-corrected chi connectivity index (χ3v) is 11.7. The van der Waals surface area contributed by atoms with Crippen molar-refractivity contribution in [1.82, 2.24) is 10.2 Å². The number of carbonyl (C=O) groups excluding carboxylic acids is 2. The first kappa shape index (κ1) is 42.1. The molecule has 0 radical (unpaired) electrons. The second-order valence-corrected chi connectivity index (χ2v) is 15.0. The lowest BCUT2D eigenvalue weighted by Gasteiger charge is -2.28. The molecule has 0 spiro atoms. The van der Waals surface area contributed by atoms with Crippen LogP contribution in [0.15, 0.2) is 90.7 Å². The summed E-state index contributed by atoms with van der Waals surface area (Å²) in [6.45, 7) is 3.49. The third-order valence-electron chi connectivity index (χ3n) is 8.51. The van der Waals surface area contributed by atoms with Crippen LogP contribution in [0.1, 0.15) is 36.8 Å². The zero-order valence-corrected chi connectivity index (χ0v) is 34.1. The maximum atomic E-state index is 13.5. The van der Waals surface area contributed by atoms with E-state index in [1.807, 2.05) is 0 Å². The lowest BCUT2D eigenvalue weighted by atomic mass is 9.83. The van der Waals surface area contributed by atoms with Crippen LogP contribution in [-0.2, 0) is 28.5 Å². The monoisotopic (exact) mass is 834 g/mol. The highest BCUT2D eigenvalue weighted by Crippen LogP contribution is 2.46. The Labute approximate surface area is 341 Å². The first-order valence-electron chi connectivity index (χ1n) is 17.1. The number of hydrogen-bond donors (Lipinski definition) is 2. The van der Waals surface area contributed by atoms with Crippen LogP contribution in [0.2, 0.25) is 0 Å². The maximum Gasteiger partial charge on any atom is 0.338 e. The number of rotatable bonds is 16. The molecule has 3 aromatic rings. The zero-order chi connectivity index (χ0) is 41.2. The summed E-state index contributed by atoms with van der Waals surface area (Å²) < 4.78 is 45.4. The van der Waals surface area contributed by atoms with Crippen LogP contribution in [0.25, 0.3) is 0 Å². The van der Waals surface area contributed by atoms with Gasteiger partial charge in [-0.05, 0) is 49.2 Å². The van der Waals surface area contributed by atoms with Gasteiger partial charge in [0.1, 0.15) is 34.8 Å². The van der Waals surface area contributed by atoms with E-state index < -0.39 is 23.8 Å². The van der Waals surface area contributed by atoms with Crippen molar-refractivity contribution < 1.29 is 47.5 Å². The summed E-state index contributed by atoms with van der Waals surface area (Å²) in [5, 5.41) is 28.8. The number of benzene rings is 2. The molecule has 57 heavy (non-hydrogen) atoms. The summed E-state index contributed by atoms with van der Waals surface area (Å²) in [5.41, 5.74) is 13.9. The van der Waals surface area contributed by atoms with E-state index in [-0.39, 0.29) is 70.3 Å². The van der Waals surface area contributed by atoms with Crippen molar-refractivity contribution in [2.75, 3.05) is 53.2 Å². The lowest BCUT2D eigenvalue weighted by molar-refractivity contribution is -0.140. The molecule has 0 unspecified atom stereocenters. The summed E-state index contributed by atoms with van der Waals surface area (Å²) in [4.78, 5) is 27.0. The van der Waals surface area contributed by atoms with Gasteiger partial charge in [-0.15, -0.1) is 10.2 Å². The van der Waals surface area contributed by atoms with Gasteiger partial charge >= 0.3 is 11.9 Å². The SMILES string of the molecule is CCOC(=O)C1=C(CSc2nnc(SCC3=C(C(=O)OCC)[C@@H](c4ccc(OC)c(OC)c4)C(C#N)=C(N)O3)s2)OC(N)=C(C#N)[C@@H]1c1ccc(OC)c(OC)c1. The van der Waals surface area contributed by atoms with E-state index in [1.54, 1.807) is 50.2 Å². The minimum atomic E-state index is -0.929. The molecule has 0 aliphatic carbocycles. The Hall–Kier alpha value is -6.02. The van der Waals surface area contributed by atoms with Gasteiger partial charge in [0.05, 0.1) is 76.1 Å². The molecule has 1 aromatic heterocycles. The highest BCUT2D eigenvalue weighted by Gasteiger charge is 2.40. The number of esters is 2. The first-order valence-corrected chi connectivity index (χ1v) is 19.8. The van der Waals surface area contributed by atoms with Gasteiger partial charge in [0.2, 0.25) is 11.8 Å². The Bertz CT molecular complexity index is 2100. The Kier molecular flexibility index (Phi) is 14.2. The quantitative estimate of drug-likeness (QED) is 0.136. The minimum absolute atomic E-state index is 0.0285. The maximum absolute atomic E-state index is 13.5. The number of allylic oxidation sites excluding steroid dienone is 2. The Balaban J connectivity index is 1.43. The molecular formula is C38H38N6O10S3. The highest BCUT2D eigenvalue weighted by atomic mass is 32.2. The van der Waals surface area contributed by atoms with E-state index in [4.69, 9.17) is 49.4 Å². The molecule has 0 fully saturated rings. The fraction of sp³-hybridized carbons (Fsp3) is 0.316. The van der Waals surface area contributed by atoms with Gasteiger partial charge in [0, 0.05) is 0 Å². The Morgan fingerprint density at radius 3 is 1.42 bits per heavy atom. The summed E-state index contributed by atoms with van der Waals surface area (Å²) in [6.07, 6.45) is 0. The van der Waals surface area contributed by atoms with Gasteiger partial charge in [0.15, 0.2) is 31.7 Å². The average molecular weight is 835 g/mol. The van der Waals surface area contributed by atoms with Crippen molar-refractivity contribution in [3.8, 4) is 35.1 Å². The number of nitrogens with two attached hydrogens (primary N) is 2. The van der Waals surface area contributed by atoms with Crippen LogP contribution < -0.4 is 30.4 Å². The number of carbonyl (C=O) groups is 2. The fourth-order valence-corrected chi connectivity index (χ4v) is 8.92. The van der Waals surface area contributed by atoms with Crippen LogP contribution in [0.5, 0.6) is 23.0 Å². The molecule has 2 atom stereocenters. The van der Waals surface area contributed by atoms with Crippen molar-refractivity contribution in [3.63, 3.8) is 0 Å². The van der Waals surface area contributed by atoms with Crippen molar-refractivity contribution in [2.45, 2.75) is 34.4 Å². The number of nitrogens with zero attached hydrogens (tertiary/aromatic N) is 4. The van der Waals surface area contributed by atoms with E-state index in [9.17, 15) is 20.1 Å². The molecule has 0 saturated carbocycles. The molecule has 298 valence electrons. The zero-order valence-electron chi connectivity index (χ0n) is 31.7. The number of methoxy groups -OCH3 is 4. The predicted octanol–water partition coefficient (Wildman–Crippen LogP) is 5.41. The van der Waals surface area contributed by atoms with Crippen molar-refractivity contribution in [3.05, 3.63) is 93.1 Å². The van der Waals surface area contributed by atoms with E-state index >= 15 is 0 Å². The molecular weight excluding hydrogens is 797 g/mol. The molecule has 0 amide bonds. The molecule has 0 saturated heterocycles. The molecule has 16 nitrogen and oxygen atoms in total. The standard InChI is InChI=1S/C38H38N6O10S3/c1-7-51-35(45)31-27(53-33(41)21(15-39)29(31)19-9-11-23(47-3)25(13-19)49-5)17-55-37-43-44-38(57-37)56-18-28-32(36(46)52-8-2)30(22(16-40)34(42)54-28)20-10-12-24(48-4)26(14-20)50-6/h9-14,29-30H,7-8,17-18,41-42H2,1-6H3/t29-,30-/m0/s1. The largest absolute Gasteiger partial charge is 0.493 e. The molecule has 5 rings (SSSR count). The average Bonchev–Trinajstić information content (AvgIpc) is 3.68. The molecule has 3 heterocycles. The summed E-state index contributed by atoms with van der Waals surface area (Å²) >= 11 is 3.68. The van der Waals surface area contributed by atoms with Crippen LogP contribution in [-0.4, -0.2) is 75.3 Å². The van der Waals surface area contributed by atoms with Gasteiger partial charge in [-0.1, -0.05) is 47.0 Å². The number of aromatic nitrogens is 2. The number of thioether (sulfide) groups is 2. The topological polar surface area (TPSA) is 233 Å². The fourth-order valence-electron chi connectivity index (χ4n) is 6.02. The summed E-state index contributed by atoms with van der Waals surface area (Å²) in [7, 11) is 5.95. The molecule has 2 aliphatic rings. The van der Waals surface area contributed by atoms with E-state index in [2.05, 4.69) is 22.3 Å². The summed E-state index contributed by atoms with van der Waals surface area (Å²) in [5.74, 6) is -1.35. The summed E-state index contributed by atoms with van der Waals surface area (Å²) in [6, 6.07) is 14.3. The molecule has 2 aliphatic heterocycles. The van der Waals surface area contributed by atoms with E-state index in [0.29, 0.717) is 42.8 Å². The predicted molar refractivity (Wildman–Crippen MR) is 209 cm³/mol. The van der Waals surface area contributed by atoms with Crippen LogP contribution in [0.3, 0.4) is 0 Å². The molecule has 4 N–H and O–H groups in total. The number of hydrogen-bond acceptors (Lipinski definition) is 19. The molecule has 19 heteroatoms. The van der Waals surface area contributed by atoms with Crippen LogP contribution >= 0.6 is 34.9 Å². The van der Waals surface area contributed by atoms with Gasteiger partial charge < -0.3 is 49.4 Å². The normalized spacial score (nSPS) is 16.6. The number of ether oxygens (including phenoxy) is 8. The first-order chi connectivity index (χ1) is 27.6. The van der Waals surface area contributed by atoms with Gasteiger partial charge in [0.25, 0.3) is 0 Å². The van der Waals surface area contributed by atoms with Crippen LogP contribution in [0, 0.1) is 22.7 Å². The number of nitriles is 2. The Morgan fingerprint density at radius 2 is 1.09 bits per heavy atom. The second-order valence-electron chi connectivity index (χ2n) is 11.6. The minimum Gasteiger partial charge on any atom is -0.493 e. The van der Waals surface area contributed by atoms with Crippen molar-refractivity contribution in [1.29, 1.82) is 10.5 Å². The smallest absolute Gasteiger partial charge is 0.338 e. The lowest BCUT2D eigenvalue weighted by Crippen LogP contribution is -2.27.